The molecule has 5 rings (SSSR count). The summed E-state index contributed by atoms with van der Waals surface area (Å²) in [5.41, 5.74) is 1.47. The molecule has 15 heteroatoms. The van der Waals surface area contributed by atoms with E-state index < -0.39 is 22.6 Å². The Bertz CT molecular complexity index is 1660. The van der Waals surface area contributed by atoms with Crippen LogP contribution in [0.5, 0.6) is 0 Å². The molecule has 0 spiro atoms. The highest BCUT2D eigenvalue weighted by Crippen LogP contribution is 2.46. The number of imide groups is 1. The number of para-hydroxylation sites is 2. The third-order valence-corrected chi connectivity index (χ3v) is 12.3. The fourth-order valence-electron chi connectivity index (χ4n) is 3.73. The molecule has 3 aromatic carbocycles. The Labute approximate surface area is 256 Å². The number of halogens is 4. The van der Waals surface area contributed by atoms with Gasteiger partial charge in [0.05, 0.1) is 37.7 Å². The molecule has 2 heterocycles. The Morgan fingerprint density at radius 2 is 1.63 bits per heavy atom. The molecule has 1 aliphatic rings. The van der Waals surface area contributed by atoms with Crippen molar-refractivity contribution in [3.8, 4) is 0 Å². The molecule has 0 atom stereocenters. The predicted octanol–water partition coefficient (Wildman–Crippen LogP) is 7.79. The van der Waals surface area contributed by atoms with E-state index in [-0.39, 0.29) is 28.3 Å². The highest BCUT2D eigenvalue weighted by molar-refractivity contribution is 9.15. The lowest BCUT2D eigenvalue weighted by molar-refractivity contribution is -0.383. The van der Waals surface area contributed by atoms with E-state index in [0.29, 0.717) is 33.4 Å². The lowest BCUT2D eigenvalue weighted by atomic mass is 10.1. The average molecular weight is 806 g/mol. The Kier molecular flexibility index (Phi) is 7.77. The zero-order chi connectivity index (χ0) is 27.3. The van der Waals surface area contributed by atoms with E-state index in [4.69, 9.17) is 0 Å². The van der Waals surface area contributed by atoms with Crippen LogP contribution >= 0.6 is 86.8 Å². The van der Waals surface area contributed by atoms with Gasteiger partial charge >= 0.3 is 0 Å². The second-order valence-electron chi connectivity index (χ2n) is 7.69. The molecule has 0 aliphatic carbocycles. The van der Waals surface area contributed by atoms with Gasteiger partial charge in [0.2, 0.25) is 5.91 Å². The van der Waals surface area contributed by atoms with Gasteiger partial charge in [0.1, 0.15) is 5.69 Å². The number of nitro groups is 1. The second-order valence-corrected chi connectivity index (χ2v) is 13.1. The summed E-state index contributed by atoms with van der Waals surface area (Å²) in [5, 5.41) is 13.7. The molecule has 3 amide bonds. The molecule has 1 N–H and O–H groups in total. The van der Waals surface area contributed by atoms with Gasteiger partial charge in [-0.2, -0.15) is 0 Å². The molecule has 4 aromatic rings. The summed E-state index contributed by atoms with van der Waals surface area (Å²) in [6.45, 7) is 0. The molecular weight excluding hydrogens is 796 g/mol. The van der Waals surface area contributed by atoms with Gasteiger partial charge in [0.25, 0.3) is 17.5 Å². The zero-order valence-corrected chi connectivity index (χ0v) is 26.4. The maximum Gasteiger partial charge on any atom is 0.292 e. The third kappa shape index (κ3) is 4.84. The lowest BCUT2D eigenvalue weighted by Crippen LogP contribution is -2.29. The second kappa shape index (κ2) is 10.8. The van der Waals surface area contributed by atoms with Crippen LogP contribution in [-0.4, -0.2) is 33.4 Å². The van der Waals surface area contributed by atoms with E-state index >= 15 is 0 Å². The van der Waals surface area contributed by atoms with Crippen molar-refractivity contribution < 1.29 is 19.3 Å². The highest BCUT2D eigenvalue weighted by Gasteiger charge is 2.42. The van der Waals surface area contributed by atoms with Crippen LogP contribution in [0.3, 0.4) is 0 Å². The number of hydrogen-bond donors (Lipinski definition) is 1. The van der Waals surface area contributed by atoms with E-state index in [2.05, 4.69) is 74.0 Å². The molecule has 0 radical (unpaired) electrons. The number of carbonyl (C=O) groups excluding carboxylic acids is 3. The molecule has 0 fully saturated rings. The predicted molar refractivity (Wildman–Crippen MR) is 160 cm³/mol. The van der Waals surface area contributed by atoms with Crippen molar-refractivity contribution in [2.45, 2.75) is 4.34 Å². The Balaban J connectivity index is 1.36. The number of thiazole rings is 1. The number of carbonyl (C=O) groups is 3. The first kappa shape index (κ1) is 27.4. The first-order valence-corrected chi connectivity index (χ1v) is 15.4. The number of rotatable bonds is 6. The summed E-state index contributed by atoms with van der Waals surface area (Å²) in [7, 11) is 0. The molecule has 0 unspecified atom stereocenters. The number of benzene rings is 3. The van der Waals surface area contributed by atoms with Gasteiger partial charge in [-0.1, -0.05) is 23.9 Å². The van der Waals surface area contributed by atoms with Crippen LogP contribution < -0.4 is 10.2 Å². The van der Waals surface area contributed by atoms with Crippen LogP contribution in [0.1, 0.15) is 20.7 Å². The number of aromatic nitrogens is 1. The minimum absolute atomic E-state index is 0.0110. The number of nitrogens with zero attached hydrogens (tertiary/aromatic N) is 3. The molecule has 0 bridgehead atoms. The van der Waals surface area contributed by atoms with E-state index in [1.165, 1.54) is 41.3 Å². The number of anilines is 2. The maximum absolute atomic E-state index is 13.3. The summed E-state index contributed by atoms with van der Waals surface area (Å²) in [4.78, 5) is 55.2. The Morgan fingerprint density at radius 1 is 1.00 bits per heavy atom. The molecule has 0 saturated carbocycles. The number of amides is 3. The van der Waals surface area contributed by atoms with Gasteiger partial charge in [-0.25, -0.2) is 9.88 Å². The van der Waals surface area contributed by atoms with Crippen molar-refractivity contribution >= 4 is 132 Å². The van der Waals surface area contributed by atoms with E-state index in [9.17, 15) is 24.5 Å². The van der Waals surface area contributed by atoms with Gasteiger partial charge in [0.15, 0.2) is 4.34 Å². The molecular formula is C23H10Br4N4O5S2. The highest BCUT2D eigenvalue weighted by atomic mass is 79.9. The van der Waals surface area contributed by atoms with Gasteiger partial charge in [-0.3, -0.25) is 24.5 Å². The quantitative estimate of drug-likeness (QED) is 0.0528. The van der Waals surface area contributed by atoms with Crippen molar-refractivity contribution in [3.63, 3.8) is 0 Å². The molecule has 1 aromatic heterocycles. The summed E-state index contributed by atoms with van der Waals surface area (Å²) in [6, 6.07) is 11.0. The lowest BCUT2D eigenvalue weighted by Gasteiger charge is -2.13. The molecule has 192 valence electrons. The van der Waals surface area contributed by atoms with Crippen molar-refractivity contribution in [3.05, 3.63) is 81.6 Å². The number of fused-ring (bicyclic) bond motifs is 2. The topological polar surface area (TPSA) is 123 Å². The van der Waals surface area contributed by atoms with Crippen LogP contribution in [0.2, 0.25) is 0 Å². The van der Waals surface area contributed by atoms with E-state index in [0.717, 1.165) is 9.60 Å². The first-order chi connectivity index (χ1) is 18.1. The third-order valence-electron chi connectivity index (χ3n) is 5.41. The van der Waals surface area contributed by atoms with Crippen molar-refractivity contribution in [1.29, 1.82) is 0 Å². The summed E-state index contributed by atoms with van der Waals surface area (Å²) in [5.74, 6) is -1.35. The molecule has 0 saturated heterocycles. The van der Waals surface area contributed by atoms with Crippen molar-refractivity contribution in [2.75, 3.05) is 16.0 Å². The van der Waals surface area contributed by atoms with Gasteiger partial charge in [0, 0.05) is 24.0 Å². The minimum atomic E-state index is -0.558. The number of nitro benzene ring substituents is 1. The van der Waals surface area contributed by atoms with Crippen LogP contribution in [0.4, 0.5) is 17.1 Å². The Hall–Kier alpha value is -2.17. The largest absolute Gasteiger partial charge is 0.320 e. The minimum Gasteiger partial charge on any atom is -0.320 e. The zero-order valence-electron chi connectivity index (χ0n) is 18.5. The van der Waals surface area contributed by atoms with Crippen LogP contribution in [0.15, 0.2) is 64.7 Å². The summed E-state index contributed by atoms with van der Waals surface area (Å²) >= 11 is 16.2. The van der Waals surface area contributed by atoms with Crippen LogP contribution in [0.25, 0.3) is 10.2 Å². The average Bonchev–Trinajstić information content (AvgIpc) is 3.42. The summed E-state index contributed by atoms with van der Waals surface area (Å²) in [6.07, 6.45) is 0. The van der Waals surface area contributed by atoms with E-state index in [1.807, 2.05) is 0 Å². The van der Waals surface area contributed by atoms with Gasteiger partial charge < -0.3 is 5.32 Å². The summed E-state index contributed by atoms with van der Waals surface area (Å²) < 4.78 is 3.48. The molecule has 38 heavy (non-hydrogen) atoms. The fraction of sp³-hybridized carbons (Fsp3) is 0.0435. The van der Waals surface area contributed by atoms with Crippen molar-refractivity contribution in [1.82, 2.24) is 4.98 Å². The monoisotopic (exact) mass is 802 g/mol. The standard InChI is InChI=1S/C23H10Br4N4O5S2/c24-17-15-16(18(25)20(27)19(17)26)22(34)30(21(15)33)9-5-6-11-13(7-9)38-23(29-11)37-8-14(32)28-10-3-1-2-4-12(10)31(35)36/h1-7H,8H2,(H,28,32). The number of hydrogen-bond acceptors (Lipinski definition) is 8. The smallest absolute Gasteiger partial charge is 0.292 e. The maximum atomic E-state index is 13.3. The molecule has 1 aliphatic heterocycles. The fourth-order valence-corrected chi connectivity index (χ4v) is 8.09. The molecule has 9 nitrogen and oxygen atoms in total. The first-order valence-electron chi connectivity index (χ1n) is 10.4. The number of nitrogens with one attached hydrogen (secondary N) is 1. The van der Waals surface area contributed by atoms with Gasteiger partial charge in [-0.05, 0) is 88.0 Å². The van der Waals surface area contributed by atoms with Crippen molar-refractivity contribution in [2.24, 2.45) is 0 Å². The van der Waals surface area contributed by atoms with Crippen LogP contribution in [-0.2, 0) is 4.79 Å². The number of thioether (sulfide) groups is 1. The van der Waals surface area contributed by atoms with Gasteiger partial charge in [-0.15, -0.1) is 11.3 Å². The van der Waals surface area contributed by atoms with E-state index in [1.54, 1.807) is 24.3 Å². The Morgan fingerprint density at radius 3 is 2.26 bits per heavy atom. The normalized spacial score (nSPS) is 12.8. The SMILES string of the molecule is O=C(CSc1nc2ccc(N3C(=O)c4c(Br)c(Br)c(Br)c(Br)c4C3=O)cc2s1)Nc1ccccc1[N+](=O)[O-]. The van der Waals surface area contributed by atoms with Crippen LogP contribution in [0, 0.1) is 10.1 Å².